The first kappa shape index (κ1) is 17.1. The van der Waals surface area contributed by atoms with Gasteiger partial charge in [-0.05, 0) is 36.8 Å². The highest BCUT2D eigenvalue weighted by molar-refractivity contribution is 7.99. The van der Waals surface area contributed by atoms with Crippen LogP contribution in [0.25, 0.3) is 0 Å². The van der Waals surface area contributed by atoms with E-state index < -0.39 is 11.6 Å². The van der Waals surface area contributed by atoms with E-state index in [1.165, 1.54) is 17.9 Å². The number of benzene rings is 1. The molecule has 0 amide bonds. The summed E-state index contributed by atoms with van der Waals surface area (Å²) >= 11 is 1.98. The van der Waals surface area contributed by atoms with E-state index in [9.17, 15) is 8.78 Å². The third kappa shape index (κ3) is 4.05. The summed E-state index contributed by atoms with van der Waals surface area (Å²) in [6.45, 7) is 6.30. The van der Waals surface area contributed by atoms with Crippen molar-refractivity contribution in [2.24, 2.45) is 0 Å². The molecule has 2 heterocycles. The van der Waals surface area contributed by atoms with E-state index in [-0.39, 0.29) is 11.6 Å². The van der Waals surface area contributed by atoms with Gasteiger partial charge in [0.2, 0.25) is 0 Å². The van der Waals surface area contributed by atoms with Gasteiger partial charge in [0.25, 0.3) is 0 Å². The summed E-state index contributed by atoms with van der Waals surface area (Å²) < 4.78 is 32.3. The van der Waals surface area contributed by atoms with Crippen molar-refractivity contribution in [2.75, 3.05) is 44.4 Å². The molecule has 2 aliphatic heterocycles. The highest BCUT2D eigenvalue weighted by atomic mass is 32.2. The Bertz CT molecular complexity index is 511. The summed E-state index contributed by atoms with van der Waals surface area (Å²) in [6, 6.07) is 3.65. The summed E-state index contributed by atoms with van der Waals surface area (Å²) in [5.74, 6) is 1.23. The second-order valence-corrected chi connectivity index (χ2v) is 7.54. The van der Waals surface area contributed by atoms with Crippen LogP contribution in [0, 0.1) is 11.6 Å². The Labute approximate surface area is 140 Å². The number of nitrogens with one attached hydrogen (secondary N) is 1. The Morgan fingerprint density at radius 1 is 1.26 bits per heavy atom. The second-order valence-electron chi connectivity index (χ2n) is 6.43. The SMILES string of the molecule is C[C@H](NC[C@@]1(N2CCOCC2)CCSC1)c1cc(F)cc(F)c1. The maximum atomic E-state index is 13.4. The van der Waals surface area contributed by atoms with Crippen LogP contribution in [0.15, 0.2) is 18.2 Å². The molecule has 0 aliphatic carbocycles. The number of ether oxygens (including phenoxy) is 1. The smallest absolute Gasteiger partial charge is 0.126 e. The fourth-order valence-electron chi connectivity index (χ4n) is 3.42. The number of hydrogen-bond donors (Lipinski definition) is 1. The first-order chi connectivity index (χ1) is 11.1. The fourth-order valence-corrected chi connectivity index (χ4v) is 4.90. The Morgan fingerprint density at radius 3 is 2.57 bits per heavy atom. The number of morpholine rings is 1. The normalized spacial score (nSPS) is 27.3. The van der Waals surface area contributed by atoms with E-state index in [0.29, 0.717) is 5.56 Å². The van der Waals surface area contributed by atoms with Crippen molar-refractivity contribution in [2.45, 2.75) is 24.9 Å². The lowest BCUT2D eigenvalue weighted by atomic mass is 9.94. The first-order valence-electron chi connectivity index (χ1n) is 8.19. The van der Waals surface area contributed by atoms with E-state index in [1.54, 1.807) is 0 Å². The van der Waals surface area contributed by atoms with Crippen LogP contribution in [0.5, 0.6) is 0 Å². The number of nitrogens with zero attached hydrogens (tertiary/aromatic N) is 1. The first-order valence-corrected chi connectivity index (χ1v) is 9.34. The molecule has 128 valence electrons. The zero-order valence-electron chi connectivity index (χ0n) is 13.5. The standard InChI is InChI=1S/C17H24F2N2OS/c1-13(14-8-15(18)10-16(19)9-14)20-11-17(2-7-23-12-17)21-3-5-22-6-4-21/h8-10,13,20H,2-7,11-12H2,1H3/t13-,17-/m0/s1. The lowest BCUT2D eigenvalue weighted by molar-refractivity contribution is -0.0139. The van der Waals surface area contributed by atoms with Crippen LogP contribution in [0.4, 0.5) is 8.78 Å². The molecule has 1 aromatic carbocycles. The van der Waals surface area contributed by atoms with Crippen LogP contribution in [0.2, 0.25) is 0 Å². The molecule has 0 bridgehead atoms. The van der Waals surface area contributed by atoms with Gasteiger partial charge in [-0.2, -0.15) is 11.8 Å². The zero-order chi connectivity index (χ0) is 16.3. The topological polar surface area (TPSA) is 24.5 Å². The van der Waals surface area contributed by atoms with E-state index >= 15 is 0 Å². The minimum Gasteiger partial charge on any atom is -0.379 e. The fraction of sp³-hybridized carbons (Fsp3) is 0.647. The van der Waals surface area contributed by atoms with Gasteiger partial charge in [0.05, 0.1) is 13.2 Å². The van der Waals surface area contributed by atoms with Gasteiger partial charge in [-0.15, -0.1) is 0 Å². The van der Waals surface area contributed by atoms with E-state index in [4.69, 9.17) is 4.74 Å². The molecule has 0 unspecified atom stereocenters. The Balaban J connectivity index is 1.66. The van der Waals surface area contributed by atoms with Gasteiger partial charge in [0.15, 0.2) is 0 Å². The molecule has 6 heteroatoms. The number of hydrogen-bond acceptors (Lipinski definition) is 4. The van der Waals surface area contributed by atoms with E-state index in [1.807, 2.05) is 18.7 Å². The van der Waals surface area contributed by atoms with Crippen molar-refractivity contribution in [3.05, 3.63) is 35.4 Å². The van der Waals surface area contributed by atoms with Gasteiger partial charge >= 0.3 is 0 Å². The molecule has 2 saturated heterocycles. The van der Waals surface area contributed by atoms with E-state index in [0.717, 1.165) is 51.1 Å². The summed E-state index contributed by atoms with van der Waals surface area (Å²) in [4.78, 5) is 2.53. The van der Waals surface area contributed by atoms with Gasteiger partial charge in [-0.3, -0.25) is 4.90 Å². The van der Waals surface area contributed by atoms with Crippen LogP contribution < -0.4 is 5.32 Å². The minimum atomic E-state index is -0.520. The van der Waals surface area contributed by atoms with Crippen LogP contribution in [0.1, 0.15) is 24.9 Å². The predicted molar refractivity (Wildman–Crippen MR) is 89.8 cm³/mol. The summed E-state index contributed by atoms with van der Waals surface area (Å²) in [6.07, 6.45) is 1.15. The van der Waals surface area contributed by atoms with Crippen molar-refractivity contribution in [1.29, 1.82) is 0 Å². The van der Waals surface area contributed by atoms with Gasteiger partial charge in [-0.1, -0.05) is 0 Å². The Hall–Kier alpha value is -0.690. The number of rotatable bonds is 5. The lowest BCUT2D eigenvalue weighted by Crippen LogP contribution is -2.58. The Morgan fingerprint density at radius 2 is 1.96 bits per heavy atom. The van der Waals surface area contributed by atoms with Crippen molar-refractivity contribution < 1.29 is 13.5 Å². The van der Waals surface area contributed by atoms with Crippen molar-refractivity contribution in [1.82, 2.24) is 10.2 Å². The quantitative estimate of drug-likeness (QED) is 0.889. The lowest BCUT2D eigenvalue weighted by Gasteiger charge is -2.43. The van der Waals surface area contributed by atoms with Crippen LogP contribution in [-0.4, -0.2) is 54.8 Å². The third-order valence-corrected chi connectivity index (χ3v) is 6.12. The highest BCUT2D eigenvalue weighted by Gasteiger charge is 2.40. The third-order valence-electron chi connectivity index (χ3n) is 4.89. The van der Waals surface area contributed by atoms with Crippen LogP contribution in [-0.2, 0) is 4.74 Å². The molecule has 0 saturated carbocycles. The predicted octanol–water partition coefficient (Wildman–Crippen LogP) is 2.82. The minimum absolute atomic E-state index is 0.0799. The molecule has 2 fully saturated rings. The largest absolute Gasteiger partial charge is 0.379 e. The summed E-state index contributed by atoms with van der Waals surface area (Å²) in [7, 11) is 0. The van der Waals surface area contributed by atoms with Crippen molar-refractivity contribution in [3.8, 4) is 0 Å². The maximum absolute atomic E-state index is 13.4. The second kappa shape index (κ2) is 7.47. The zero-order valence-corrected chi connectivity index (χ0v) is 14.3. The van der Waals surface area contributed by atoms with Crippen LogP contribution >= 0.6 is 11.8 Å². The maximum Gasteiger partial charge on any atom is 0.126 e. The molecule has 1 N–H and O–H groups in total. The van der Waals surface area contributed by atoms with Gasteiger partial charge in [0, 0.05) is 43.0 Å². The average Bonchev–Trinajstić information content (AvgIpc) is 3.03. The molecule has 3 rings (SSSR count). The molecule has 3 nitrogen and oxygen atoms in total. The Kier molecular flexibility index (Phi) is 5.57. The van der Waals surface area contributed by atoms with Gasteiger partial charge < -0.3 is 10.1 Å². The molecular formula is C17H24F2N2OS. The molecule has 2 aliphatic rings. The van der Waals surface area contributed by atoms with Crippen molar-refractivity contribution in [3.63, 3.8) is 0 Å². The van der Waals surface area contributed by atoms with Gasteiger partial charge in [-0.25, -0.2) is 8.78 Å². The van der Waals surface area contributed by atoms with E-state index in [2.05, 4.69) is 10.2 Å². The number of thioether (sulfide) groups is 1. The average molecular weight is 342 g/mol. The molecular weight excluding hydrogens is 318 g/mol. The number of halogens is 2. The molecule has 23 heavy (non-hydrogen) atoms. The molecule has 0 aromatic heterocycles. The molecule has 2 atom stereocenters. The highest BCUT2D eigenvalue weighted by Crippen LogP contribution is 2.34. The van der Waals surface area contributed by atoms with Crippen LogP contribution in [0.3, 0.4) is 0 Å². The molecule has 0 spiro atoms. The van der Waals surface area contributed by atoms with Crippen molar-refractivity contribution >= 4 is 11.8 Å². The molecule has 1 aromatic rings. The van der Waals surface area contributed by atoms with Gasteiger partial charge in [0.1, 0.15) is 11.6 Å². The summed E-state index contributed by atoms with van der Waals surface area (Å²) in [5, 5.41) is 3.50. The molecule has 0 radical (unpaired) electrons. The monoisotopic (exact) mass is 342 g/mol. The summed E-state index contributed by atoms with van der Waals surface area (Å²) in [5.41, 5.74) is 0.791.